The summed E-state index contributed by atoms with van der Waals surface area (Å²) in [5.74, 6) is 0. The van der Waals surface area contributed by atoms with Crippen molar-refractivity contribution in [2.75, 3.05) is 0 Å². The van der Waals surface area contributed by atoms with Crippen molar-refractivity contribution in [3.63, 3.8) is 0 Å². The minimum absolute atomic E-state index is 0.00830. The lowest BCUT2D eigenvalue weighted by molar-refractivity contribution is 0.667. The van der Waals surface area contributed by atoms with Crippen molar-refractivity contribution in [1.29, 1.82) is 31.6 Å². The number of thiophene rings is 2. The van der Waals surface area contributed by atoms with Gasteiger partial charge >= 0.3 is 0 Å². The Labute approximate surface area is 276 Å². The maximum atomic E-state index is 9.72. The summed E-state index contributed by atoms with van der Waals surface area (Å²) >= 11 is 2.57. The van der Waals surface area contributed by atoms with Gasteiger partial charge in [-0.05, 0) is 49.6 Å². The molecule has 9 heteroatoms. The summed E-state index contributed by atoms with van der Waals surface area (Å²) in [7, 11) is 0. The van der Waals surface area contributed by atoms with Crippen LogP contribution in [0.5, 0.6) is 0 Å². The van der Waals surface area contributed by atoms with Crippen molar-refractivity contribution in [1.82, 2.24) is 4.57 Å². The molecule has 0 fully saturated rings. The van der Waals surface area contributed by atoms with Crippen LogP contribution in [0.4, 0.5) is 0 Å². The molecule has 0 aliphatic heterocycles. The summed E-state index contributed by atoms with van der Waals surface area (Å²) in [6.45, 7) is 4.27. The van der Waals surface area contributed by atoms with E-state index in [2.05, 4.69) is 38.1 Å². The molecule has 5 rings (SSSR count). The van der Waals surface area contributed by atoms with E-state index in [-0.39, 0.29) is 22.3 Å². The van der Waals surface area contributed by atoms with Crippen LogP contribution in [0.25, 0.3) is 37.3 Å². The third-order valence-electron chi connectivity index (χ3n) is 7.23. The molecule has 0 spiro atoms. The van der Waals surface area contributed by atoms with Crippen molar-refractivity contribution >= 4 is 54.3 Å². The van der Waals surface area contributed by atoms with Crippen LogP contribution in [0.3, 0.4) is 0 Å². The minimum atomic E-state index is -0.258. The zero-order chi connectivity index (χ0) is 33.1. The lowest BCUT2D eigenvalue weighted by Gasteiger charge is -2.08. The third kappa shape index (κ3) is 7.06. The van der Waals surface area contributed by atoms with Gasteiger partial charge in [0.25, 0.3) is 0 Å². The van der Waals surface area contributed by atoms with E-state index in [1.807, 2.05) is 47.0 Å². The van der Waals surface area contributed by atoms with Gasteiger partial charge in [-0.15, -0.1) is 22.7 Å². The SMILES string of the molecule is CCCCCCc1ccc(-n2c3cc(C(C#N)=C(C#N)C#N)sc3c3sc(C(C#N)=C(C#N)C#N)cc32)cc1.Cc1ccccc1. The molecule has 0 bridgehead atoms. The Bertz CT molecular complexity index is 2060. The Morgan fingerprint density at radius 3 is 1.52 bits per heavy atom. The van der Waals surface area contributed by atoms with Gasteiger partial charge in [-0.1, -0.05) is 74.2 Å². The van der Waals surface area contributed by atoms with Crippen LogP contribution in [-0.2, 0) is 6.42 Å². The molecule has 0 radical (unpaired) electrons. The number of nitrogens with zero attached hydrogens (tertiary/aromatic N) is 7. The Morgan fingerprint density at radius 1 is 0.630 bits per heavy atom. The fourth-order valence-electron chi connectivity index (χ4n) is 4.92. The number of rotatable bonds is 8. The van der Waals surface area contributed by atoms with E-state index in [1.54, 1.807) is 36.4 Å². The molecular formula is C37H27N7S2. The van der Waals surface area contributed by atoms with E-state index in [0.29, 0.717) is 9.75 Å². The Hall–Kier alpha value is -5.94. The first-order valence-corrected chi connectivity index (χ1v) is 16.2. The van der Waals surface area contributed by atoms with Gasteiger partial charge in [0.1, 0.15) is 47.6 Å². The number of aryl methyl sites for hydroxylation is 2. The van der Waals surface area contributed by atoms with Gasteiger partial charge < -0.3 is 4.57 Å². The van der Waals surface area contributed by atoms with E-state index in [9.17, 15) is 31.6 Å². The molecule has 3 heterocycles. The summed E-state index contributed by atoms with van der Waals surface area (Å²) in [5, 5.41) is 56.9. The number of allylic oxidation sites excluding steroid dienone is 4. The second-order valence-corrected chi connectivity index (χ2v) is 12.4. The molecule has 0 saturated carbocycles. The maximum absolute atomic E-state index is 9.72. The predicted octanol–water partition coefficient (Wildman–Crippen LogP) is 9.67. The van der Waals surface area contributed by atoms with E-state index in [4.69, 9.17) is 0 Å². The van der Waals surface area contributed by atoms with Crippen LogP contribution in [0.15, 0.2) is 77.9 Å². The molecule has 7 nitrogen and oxygen atoms in total. The van der Waals surface area contributed by atoms with E-state index in [0.717, 1.165) is 39.0 Å². The molecule has 0 unspecified atom stereocenters. The molecule has 3 aromatic heterocycles. The molecule has 222 valence electrons. The van der Waals surface area contributed by atoms with Crippen molar-refractivity contribution < 1.29 is 0 Å². The second kappa shape index (κ2) is 15.7. The maximum Gasteiger partial charge on any atom is 0.148 e. The number of fused-ring (bicyclic) bond motifs is 3. The van der Waals surface area contributed by atoms with Crippen molar-refractivity contribution in [2.45, 2.75) is 46.0 Å². The smallest absolute Gasteiger partial charge is 0.148 e. The number of nitriles is 6. The highest BCUT2D eigenvalue weighted by molar-refractivity contribution is 7.28. The van der Waals surface area contributed by atoms with Crippen molar-refractivity contribution in [3.05, 3.63) is 98.8 Å². The van der Waals surface area contributed by atoms with E-state index < -0.39 is 0 Å². The summed E-state index contributed by atoms with van der Waals surface area (Å²) in [5.41, 5.74) is 4.51. The zero-order valence-corrected chi connectivity index (χ0v) is 27.0. The fourth-order valence-corrected chi connectivity index (χ4v) is 7.35. The lowest BCUT2D eigenvalue weighted by Crippen LogP contribution is -1.94. The van der Waals surface area contributed by atoms with Gasteiger partial charge in [-0.3, -0.25) is 0 Å². The van der Waals surface area contributed by atoms with Gasteiger partial charge in [-0.25, -0.2) is 0 Å². The highest BCUT2D eigenvalue weighted by Gasteiger charge is 2.23. The molecule has 0 saturated heterocycles. The average Bonchev–Trinajstić information content (AvgIpc) is 3.77. The van der Waals surface area contributed by atoms with E-state index >= 15 is 0 Å². The topological polar surface area (TPSA) is 148 Å². The van der Waals surface area contributed by atoms with Crippen molar-refractivity contribution in [2.24, 2.45) is 0 Å². The van der Waals surface area contributed by atoms with E-state index in [1.165, 1.54) is 53.1 Å². The first-order chi connectivity index (χ1) is 22.4. The molecule has 2 aromatic carbocycles. The summed E-state index contributed by atoms with van der Waals surface area (Å²) < 4.78 is 3.64. The van der Waals surface area contributed by atoms with Gasteiger partial charge in [-0.2, -0.15) is 31.6 Å². The largest absolute Gasteiger partial charge is 0.307 e. The highest BCUT2D eigenvalue weighted by Crippen LogP contribution is 2.45. The minimum Gasteiger partial charge on any atom is -0.307 e. The fraction of sp³-hybridized carbons (Fsp3) is 0.189. The van der Waals surface area contributed by atoms with Gasteiger partial charge in [0, 0.05) is 15.4 Å². The van der Waals surface area contributed by atoms with Crippen LogP contribution in [0.2, 0.25) is 0 Å². The molecule has 0 aliphatic rings. The molecule has 5 aromatic rings. The average molecular weight is 634 g/mol. The van der Waals surface area contributed by atoms with Gasteiger partial charge in [0.05, 0.1) is 31.6 Å². The number of aromatic nitrogens is 1. The van der Waals surface area contributed by atoms with Crippen LogP contribution in [-0.4, -0.2) is 4.57 Å². The standard InChI is InChI=1S/C30H19N7S2.C7H8/c1-2-3-4-5-6-19-7-9-22(10-8-19)37-25-11-27(23(17-35)20(13-31)14-32)38-29(25)30-26(37)12-28(39-30)24(18-36)21(15-33)16-34;1-7-5-3-2-4-6-7/h7-12H,2-6H2,1H3;2-6H,1H3. The number of benzene rings is 2. The summed E-state index contributed by atoms with van der Waals surface area (Å²) in [4.78, 5) is 0.981. The van der Waals surface area contributed by atoms with Crippen LogP contribution >= 0.6 is 22.7 Å². The number of unbranched alkanes of at least 4 members (excludes halogenated alkanes) is 3. The lowest BCUT2D eigenvalue weighted by atomic mass is 10.1. The van der Waals surface area contributed by atoms with Crippen LogP contribution in [0.1, 0.15) is 53.5 Å². The number of hydrogen-bond acceptors (Lipinski definition) is 8. The Balaban J connectivity index is 0.000000606. The Kier molecular flexibility index (Phi) is 11.2. The Morgan fingerprint density at radius 2 is 1.13 bits per heavy atom. The first kappa shape index (κ1) is 33.0. The molecule has 0 atom stereocenters. The zero-order valence-electron chi connectivity index (χ0n) is 25.3. The number of hydrogen-bond donors (Lipinski definition) is 0. The molecule has 0 N–H and O–H groups in total. The van der Waals surface area contributed by atoms with Crippen molar-refractivity contribution in [3.8, 4) is 42.1 Å². The third-order valence-corrected chi connectivity index (χ3v) is 9.68. The normalized spacial score (nSPS) is 9.83. The van der Waals surface area contributed by atoms with Crippen LogP contribution < -0.4 is 0 Å². The summed E-state index contributed by atoms with van der Waals surface area (Å²) in [6.07, 6.45) is 5.71. The monoisotopic (exact) mass is 633 g/mol. The van der Waals surface area contributed by atoms with Gasteiger partial charge in [0.2, 0.25) is 0 Å². The molecule has 0 aliphatic carbocycles. The van der Waals surface area contributed by atoms with Crippen LogP contribution in [0, 0.1) is 74.9 Å². The quantitative estimate of drug-likeness (QED) is 0.123. The summed E-state index contributed by atoms with van der Waals surface area (Å²) in [6, 6.07) is 33.3. The molecule has 46 heavy (non-hydrogen) atoms. The first-order valence-electron chi connectivity index (χ1n) is 14.5. The molecule has 0 amide bonds. The highest BCUT2D eigenvalue weighted by atomic mass is 32.1. The van der Waals surface area contributed by atoms with Gasteiger partial charge in [0.15, 0.2) is 0 Å². The molecular weight excluding hydrogens is 607 g/mol. The predicted molar refractivity (Wildman–Crippen MR) is 183 cm³/mol. The second-order valence-electron chi connectivity index (χ2n) is 10.3.